The third-order valence-electron chi connectivity index (χ3n) is 3.73. The van der Waals surface area contributed by atoms with Crippen molar-refractivity contribution in [3.8, 4) is 17.4 Å². The molecular formula is C20H24N2O6. The van der Waals surface area contributed by atoms with Crippen molar-refractivity contribution in [2.75, 3.05) is 27.4 Å². The number of rotatable bonds is 10. The smallest absolute Gasteiger partial charge is 0.343 e. The van der Waals surface area contributed by atoms with Crippen molar-refractivity contribution < 1.29 is 28.5 Å². The molecule has 0 radical (unpaired) electrons. The van der Waals surface area contributed by atoms with Crippen LogP contribution in [0.15, 0.2) is 36.5 Å². The fraction of sp³-hybridized carbons (Fsp3) is 0.350. The molecule has 1 amide bonds. The molecule has 0 aliphatic rings. The summed E-state index contributed by atoms with van der Waals surface area (Å²) in [4.78, 5) is 27.9. The van der Waals surface area contributed by atoms with E-state index in [9.17, 15) is 9.59 Å². The monoisotopic (exact) mass is 388 g/mol. The molecule has 1 aromatic heterocycles. The summed E-state index contributed by atoms with van der Waals surface area (Å²) in [6, 6.07) is 8.33. The normalized spacial score (nSPS) is 10.1. The Morgan fingerprint density at radius 2 is 1.93 bits per heavy atom. The number of esters is 1. The van der Waals surface area contributed by atoms with Crippen LogP contribution in [0.25, 0.3) is 0 Å². The first-order chi connectivity index (χ1) is 13.6. The number of aromatic nitrogens is 1. The van der Waals surface area contributed by atoms with Gasteiger partial charge in [-0.15, -0.1) is 0 Å². The highest BCUT2D eigenvalue weighted by molar-refractivity contribution is 5.94. The molecule has 8 nitrogen and oxygen atoms in total. The number of hydrogen-bond acceptors (Lipinski definition) is 7. The van der Waals surface area contributed by atoms with Gasteiger partial charge in [0, 0.05) is 23.9 Å². The van der Waals surface area contributed by atoms with Crippen LogP contribution >= 0.6 is 0 Å². The van der Waals surface area contributed by atoms with Crippen LogP contribution in [0.5, 0.6) is 17.4 Å². The molecule has 2 aromatic rings. The number of benzene rings is 1. The lowest BCUT2D eigenvalue weighted by atomic mass is 10.1. The minimum atomic E-state index is -0.513. The molecule has 1 aromatic carbocycles. The quantitative estimate of drug-likeness (QED) is 0.624. The van der Waals surface area contributed by atoms with Gasteiger partial charge >= 0.3 is 5.97 Å². The zero-order chi connectivity index (χ0) is 20.4. The van der Waals surface area contributed by atoms with Gasteiger partial charge < -0.3 is 24.3 Å². The van der Waals surface area contributed by atoms with Crippen LogP contribution in [-0.2, 0) is 16.1 Å². The van der Waals surface area contributed by atoms with Gasteiger partial charge in [-0.2, -0.15) is 0 Å². The fourth-order valence-electron chi connectivity index (χ4n) is 2.29. The van der Waals surface area contributed by atoms with Crippen LogP contribution in [0.1, 0.15) is 29.3 Å². The molecule has 1 N–H and O–H groups in total. The van der Waals surface area contributed by atoms with E-state index in [2.05, 4.69) is 15.0 Å². The molecular weight excluding hydrogens is 364 g/mol. The van der Waals surface area contributed by atoms with E-state index < -0.39 is 5.97 Å². The molecule has 0 spiro atoms. The standard InChI is InChI=1S/C20H24N2O6/c1-4-10-27-20-15(6-5-9-21-20)12-22-19(24)14-7-8-16(17(11-14)25-2)28-13-18(23)26-3/h5-9,11H,4,10,12-13H2,1-3H3,(H,22,24). The third-order valence-corrected chi connectivity index (χ3v) is 3.73. The van der Waals surface area contributed by atoms with E-state index in [0.717, 1.165) is 12.0 Å². The molecule has 28 heavy (non-hydrogen) atoms. The maximum absolute atomic E-state index is 12.5. The average Bonchev–Trinajstić information content (AvgIpc) is 2.74. The second-order valence-electron chi connectivity index (χ2n) is 5.73. The second kappa shape index (κ2) is 10.8. The number of hydrogen-bond donors (Lipinski definition) is 1. The molecule has 0 atom stereocenters. The highest BCUT2D eigenvalue weighted by atomic mass is 16.6. The molecule has 0 bridgehead atoms. The summed E-state index contributed by atoms with van der Waals surface area (Å²) in [5.74, 6) is 0.384. The van der Waals surface area contributed by atoms with E-state index >= 15 is 0 Å². The number of carbonyl (C=O) groups excluding carboxylic acids is 2. The van der Waals surface area contributed by atoms with Gasteiger partial charge in [-0.05, 0) is 30.7 Å². The van der Waals surface area contributed by atoms with Gasteiger partial charge in [-0.25, -0.2) is 9.78 Å². The SMILES string of the molecule is CCCOc1ncccc1CNC(=O)c1ccc(OCC(=O)OC)c(OC)c1. The Morgan fingerprint density at radius 3 is 2.64 bits per heavy atom. The molecule has 0 fully saturated rings. The summed E-state index contributed by atoms with van der Waals surface area (Å²) >= 11 is 0. The molecule has 0 aliphatic carbocycles. The summed E-state index contributed by atoms with van der Waals surface area (Å²) in [5, 5.41) is 2.83. The molecule has 8 heteroatoms. The molecule has 0 aliphatic heterocycles. The van der Waals surface area contributed by atoms with Gasteiger partial charge in [0.1, 0.15) is 0 Å². The summed E-state index contributed by atoms with van der Waals surface area (Å²) in [6.45, 7) is 2.59. The van der Waals surface area contributed by atoms with Crippen LogP contribution in [-0.4, -0.2) is 44.3 Å². The van der Waals surface area contributed by atoms with Crippen molar-refractivity contribution >= 4 is 11.9 Å². The van der Waals surface area contributed by atoms with Crippen LogP contribution in [0.3, 0.4) is 0 Å². The molecule has 150 valence electrons. The Morgan fingerprint density at radius 1 is 1.11 bits per heavy atom. The van der Waals surface area contributed by atoms with E-state index in [4.69, 9.17) is 14.2 Å². The van der Waals surface area contributed by atoms with Crippen molar-refractivity contribution in [3.05, 3.63) is 47.7 Å². The van der Waals surface area contributed by atoms with Gasteiger partial charge in [0.05, 0.1) is 20.8 Å². The van der Waals surface area contributed by atoms with Crippen LogP contribution in [0.2, 0.25) is 0 Å². The third kappa shape index (κ3) is 5.87. The number of amides is 1. The Balaban J connectivity index is 2.03. The number of carbonyl (C=O) groups is 2. The van der Waals surface area contributed by atoms with E-state index in [1.54, 1.807) is 30.5 Å². The zero-order valence-electron chi connectivity index (χ0n) is 16.2. The van der Waals surface area contributed by atoms with Crippen LogP contribution < -0.4 is 19.5 Å². The number of pyridine rings is 1. The Bertz CT molecular complexity index is 809. The summed E-state index contributed by atoms with van der Waals surface area (Å²) in [5.41, 5.74) is 1.18. The van der Waals surface area contributed by atoms with Gasteiger partial charge in [-0.1, -0.05) is 13.0 Å². The van der Waals surface area contributed by atoms with Crippen molar-refractivity contribution in [3.63, 3.8) is 0 Å². The van der Waals surface area contributed by atoms with Gasteiger partial charge in [0.15, 0.2) is 18.1 Å². The highest BCUT2D eigenvalue weighted by Crippen LogP contribution is 2.28. The lowest BCUT2D eigenvalue weighted by Gasteiger charge is -2.13. The molecule has 0 unspecified atom stereocenters. The van der Waals surface area contributed by atoms with Gasteiger partial charge in [0.25, 0.3) is 5.91 Å². The minimum Gasteiger partial charge on any atom is -0.493 e. The van der Waals surface area contributed by atoms with E-state index in [-0.39, 0.29) is 19.1 Å². The molecule has 2 rings (SSSR count). The maximum Gasteiger partial charge on any atom is 0.343 e. The first-order valence-corrected chi connectivity index (χ1v) is 8.81. The fourth-order valence-corrected chi connectivity index (χ4v) is 2.29. The number of nitrogens with one attached hydrogen (secondary N) is 1. The molecule has 0 saturated carbocycles. The predicted octanol–water partition coefficient (Wildman–Crippen LogP) is 2.36. The van der Waals surface area contributed by atoms with E-state index in [1.807, 2.05) is 13.0 Å². The summed E-state index contributed by atoms with van der Waals surface area (Å²) in [7, 11) is 2.73. The zero-order valence-corrected chi connectivity index (χ0v) is 16.2. The number of ether oxygens (including phenoxy) is 4. The van der Waals surface area contributed by atoms with E-state index in [0.29, 0.717) is 29.5 Å². The first kappa shape index (κ1) is 21.0. The Labute approximate surface area is 163 Å². The van der Waals surface area contributed by atoms with Crippen molar-refractivity contribution in [1.29, 1.82) is 0 Å². The van der Waals surface area contributed by atoms with Gasteiger partial charge in [0.2, 0.25) is 5.88 Å². The Hall–Kier alpha value is -3.29. The van der Waals surface area contributed by atoms with E-state index in [1.165, 1.54) is 14.2 Å². The second-order valence-corrected chi connectivity index (χ2v) is 5.73. The van der Waals surface area contributed by atoms with Gasteiger partial charge in [-0.3, -0.25) is 4.79 Å². The largest absolute Gasteiger partial charge is 0.493 e. The lowest BCUT2D eigenvalue weighted by Crippen LogP contribution is -2.23. The van der Waals surface area contributed by atoms with Crippen molar-refractivity contribution in [1.82, 2.24) is 10.3 Å². The number of methoxy groups -OCH3 is 2. The average molecular weight is 388 g/mol. The van der Waals surface area contributed by atoms with Crippen LogP contribution in [0.4, 0.5) is 0 Å². The van der Waals surface area contributed by atoms with Crippen LogP contribution in [0, 0.1) is 0 Å². The minimum absolute atomic E-state index is 0.250. The molecule has 0 saturated heterocycles. The lowest BCUT2D eigenvalue weighted by molar-refractivity contribution is -0.142. The molecule has 1 heterocycles. The number of nitrogens with zero attached hydrogens (tertiary/aromatic N) is 1. The highest BCUT2D eigenvalue weighted by Gasteiger charge is 2.13. The maximum atomic E-state index is 12.5. The first-order valence-electron chi connectivity index (χ1n) is 8.81. The summed E-state index contributed by atoms with van der Waals surface area (Å²) < 4.78 is 20.7. The van der Waals surface area contributed by atoms with Crippen molar-refractivity contribution in [2.24, 2.45) is 0 Å². The predicted molar refractivity (Wildman–Crippen MR) is 102 cm³/mol. The Kier molecular flexibility index (Phi) is 8.08. The van der Waals surface area contributed by atoms with Crippen molar-refractivity contribution in [2.45, 2.75) is 19.9 Å². The topological polar surface area (TPSA) is 96.0 Å². The summed E-state index contributed by atoms with van der Waals surface area (Å²) in [6.07, 6.45) is 2.51.